The van der Waals surface area contributed by atoms with E-state index in [2.05, 4.69) is 6.58 Å². The van der Waals surface area contributed by atoms with Crippen LogP contribution < -0.4 is 10.2 Å². The van der Waals surface area contributed by atoms with E-state index in [1.54, 1.807) is 6.92 Å². The van der Waals surface area contributed by atoms with E-state index in [4.69, 9.17) is 9.15 Å². The molecule has 3 aromatic rings. The Bertz CT molecular complexity index is 1090. The van der Waals surface area contributed by atoms with Crippen LogP contribution in [0, 0.1) is 0 Å². The molecule has 0 aliphatic heterocycles. The van der Waals surface area contributed by atoms with Crippen LogP contribution in [-0.4, -0.2) is 33.6 Å². The van der Waals surface area contributed by atoms with Gasteiger partial charge >= 0.3 is 0 Å². The van der Waals surface area contributed by atoms with Crippen LogP contribution >= 0.6 is 0 Å². The van der Waals surface area contributed by atoms with E-state index in [9.17, 15) is 25.2 Å². The molecule has 0 bridgehead atoms. The summed E-state index contributed by atoms with van der Waals surface area (Å²) in [6, 6.07) is 3.74. The van der Waals surface area contributed by atoms with Crippen molar-refractivity contribution in [1.82, 2.24) is 0 Å². The molecule has 0 saturated carbocycles. The number of fused-ring (bicyclic) bond motifs is 2. The smallest absolute Gasteiger partial charge is 0.204 e. The van der Waals surface area contributed by atoms with Crippen molar-refractivity contribution >= 4 is 21.9 Å². The Morgan fingerprint density at radius 1 is 1.23 bits per heavy atom. The second kappa shape index (κ2) is 6.27. The first kappa shape index (κ1) is 17.6. The van der Waals surface area contributed by atoms with Crippen molar-refractivity contribution in [2.45, 2.75) is 19.4 Å². The molecule has 0 fully saturated rings. The summed E-state index contributed by atoms with van der Waals surface area (Å²) in [5, 5.41) is 40.3. The van der Waals surface area contributed by atoms with Gasteiger partial charge in [-0.15, -0.1) is 0 Å². The number of hydrogen-bond acceptors (Lipinski definition) is 7. The van der Waals surface area contributed by atoms with Gasteiger partial charge in [0.15, 0.2) is 22.7 Å². The van der Waals surface area contributed by atoms with E-state index in [1.807, 2.05) is 0 Å². The Morgan fingerprint density at radius 3 is 2.50 bits per heavy atom. The zero-order valence-corrected chi connectivity index (χ0v) is 14.2. The number of aliphatic hydroxyl groups is 1. The number of aliphatic hydroxyl groups excluding tert-OH is 1. The molecule has 4 N–H and O–H groups in total. The molecule has 0 aliphatic rings. The predicted octanol–water partition coefficient (Wildman–Crippen LogP) is 2.55. The zero-order valence-electron chi connectivity index (χ0n) is 14.2. The number of rotatable bonds is 4. The van der Waals surface area contributed by atoms with Crippen LogP contribution in [0.5, 0.6) is 23.0 Å². The summed E-state index contributed by atoms with van der Waals surface area (Å²) < 4.78 is 10.8. The molecule has 1 aromatic heterocycles. The fourth-order valence-electron chi connectivity index (χ4n) is 2.80. The van der Waals surface area contributed by atoms with E-state index in [0.29, 0.717) is 5.57 Å². The number of methoxy groups -OCH3 is 1. The highest BCUT2D eigenvalue weighted by Gasteiger charge is 2.23. The lowest BCUT2D eigenvalue weighted by Gasteiger charge is -2.15. The minimum absolute atomic E-state index is 0.0109. The predicted molar refractivity (Wildman–Crippen MR) is 96.1 cm³/mol. The van der Waals surface area contributed by atoms with E-state index in [0.717, 1.165) is 0 Å². The van der Waals surface area contributed by atoms with Gasteiger partial charge in [0.2, 0.25) is 11.2 Å². The Kier molecular flexibility index (Phi) is 4.25. The van der Waals surface area contributed by atoms with Gasteiger partial charge in [-0.3, -0.25) is 4.79 Å². The van der Waals surface area contributed by atoms with Crippen LogP contribution in [-0.2, 0) is 6.42 Å². The third-order valence-corrected chi connectivity index (χ3v) is 4.27. The van der Waals surface area contributed by atoms with Crippen molar-refractivity contribution in [3.8, 4) is 23.0 Å². The quantitative estimate of drug-likeness (QED) is 0.321. The second-order valence-electron chi connectivity index (χ2n) is 6.10. The van der Waals surface area contributed by atoms with Gasteiger partial charge in [0.25, 0.3) is 0 Å². The standard InChI is InChI=1S/C19H18O7/c1-8(2)13(22)7-9-6-10-16(24)14-11(20)4-5-12(21)18(14)26-17(10)19(25-3)15(9)23/h4-6,13,20-23H,1,7H2,2-3H3/t13-/m1/s1. The number of ether oxygens (including phenoxy) is 1. The summed E-state index contributed by atoms with van der Waals surface area (Å²) in [7, 11) is 1.29. The van der Waals surface area contributed by atoms with Crippen LogP contribution in [0.3, 0.4) is 0 Å². The minimum Gasteiger partial charge on any atom is -0.507 e. The average Bonchev–Trinajstić information content (AvgIpc) is 2.59. The number of phenolic OH excluding ortho intramolecular Hbond substituents is 3. The topological polar surface area (TPSA) is 120 Å². The lowest BCUT2D eigenvalue weighted by atomic mass is 9.99. The van der Waals surface area contributed by atoms with Crippen LogP contribution in [0.2, 0.25) is 0 Å². The molecular weight excluding hydrogens is 340 g/mol. The minimum atomic E-state index is -0.923. The largest absolute Gasteiger partial charge is 0.507 e. The molecule has 136 valence electrons. The summed E-state index contributed by atoms with van der Waals surface area (Å²) >= 11 is 0. The lowest BCUT2D eigenvalue weighted by molar-refractivity contribution is 0.210. The average molecular weight is 358 g/mol. The normalized spacial score (nSPS) is 12.4. The number of phenols is 3. The van der Waals surface area contributed by atoms with Crippen molar-refractivity contribution in [2.75, 3.05) is 7.11 Å². The maximum Gasteiger partial charge on any atom is 0.204 e. The first-order valence-corrected chi connectivity index (χ1v) is 7.80. The molecule has 26 heavy (non-hydrogen) atoms. The fourth-order valence-corrected chi connectivity index (χ4v) is 2.80. The van der Waals surface area contributed by atoms with Gasteiger partial charge in [-0.1, -0.05) is 12.2 Å². The highest BCUT2D eigenvalue weighted by Crippen LogP contribution is 2.41. The number of benzene rings is 2. The number of hydrogen-bond donors (Lipinski definition) is 4. The summed E-state index contributed by atoms with van der Waals surface area (Å²) in [5.41, 5.74) is -0.126. The molecule has 2 aromatic carbocycles. The van der Waals surface area contributed by atoms with E-state index < -0.39 is 11.5 Å². The van der Waals surface area contributed by atoms with Gasteiger partial charge in [-0.2, -0.15) is 0 Å². The molecule has 0 amide bonds. The molecule has 0 saturated heterocycles. The molecular formula is C19H18O7. The zero-order chi connectivity index (χ0) is 19.2. The summed E-state index contributed by atoms with van der Waals surface area (Å²) in [4.78, 5) is 12.9. The summed E-state index contributed by atoms with van der Waals surface area (Å²) in [6.45, 7) is 5.30. The van der Waals surface area contributed by atoms with E-state index >= 15 is 0 Å². The third kappa shape index (κ3) is 2.62. The maximum absolute atomic E-state index is 12.9. The number of aromatic hydroxyl groups is 3. The third-order valence-electron chi connectivity index (χ3n) is 4.27. The van der Waals surface area contributed by atoms with Crippen molar-refractivity contribution in [1.29, 1.82) is 0 Å². The fraction of sp³-hybridized carbons (Fsp3) is 0.211. The van der Waals surface area contributed by atoms with Gasteiger partial charge in [0.1, 0.15) is 11.1 Å². The second-order valence-corrected chi connectivity index (χ2v) is 6.10. The summed E-state index contributed by atoms with van der Waals surface area (Å²) in [5.74, 6) is -1.07. The monoisotopic (exact) mass is 358 g/mol. The van der Waals surface area contributed by atoms with Crippen molar-refractivity contribution in [2.24, 2.45) is 0 Å². The van der Waals surface area contributed by atoms with Crippen LogP contribution in [0.4, 0.5) is 0 Å². The molecule has 7 heteroatoms. The highest BCUT2D eigenvalue weighted by atomic mass is 16.5. The highest BCUT2D eigenvalue weighted by molar-refractivity contribution is 5.98. The lowest BCUT2D eigenvalue weighted by Crippen LogP contribution is -2.12. The molecule has 0 spiro atoms. The Morgan fingerprint density at radius 2 is 1.88 bits per heavy atom. The van der Waals surface area contributed by atoms with Gasteiger partial charge in [-0.05, 0) is 25.1 Å². The van der Waals surface area contributed by atoms with Gasteiger partial charge < -0.3 is 29.6 Å². The first-order chi connectivity index (χ1) is 12.3. The van der Waals surface area contributed by atoms with Crippen molar-refractivity contribution in [3.63, 3.8) is 0 Å². The van der Waals surface area contributed by atoms with Gasteiger partial charge in [-0.25, -0.2) is 0 Å². The molecule has 3 rings (SSSR count). The molecule has 0 aliphatic carbocycles. The molecule has 1 heterocycles. The van der Waals surface area contributed by atoms with E-state index in [-0.39, 0.29) is 56.9 Å². The van der Waals surface area contributed by atoms with Crippen molar-refractivity contribution in [3.05, 3.63) is 46.1 Å². The summed E-state index contributed by atoms with van der Waals surface area (Å²) in [6.07, 6.45) is -0.912. The molecule has 0 unspecified atom stereocenters. The Labute approximate surface area is 148 Å². The maximum atomic E-state index is 12.9. The first-order valence-electron chi connectivity index (χ1n) is 7.80. The molecule has 7 nitrogen and oxygen atoms in total. The van der Waals surface area contributed by atoms with Gasteiger partial charge in [0.05, 0.1) is 18.6 Å². The van der Waals surface area contributed by atoms with Crippen LogP contribution in [0.15, 0.2) is 39.6 Å². The van der Waals surface area contributed by atoms with E-state index in [1.165, 1.54) is 25.3 Å². The SMILES string of the molecule is C=C(C)[C@H](O)Cc1cc2c(=O)c3c(O)ccc(O)c3oc2c(OC)c1O. The van der Waals surface area contributed by atoms with Crippen LogP contribution in [0.1, 0.15) is 12.5 Å². The Balaban J connectivity index is 2.43. The van der Waals surface area contributed by atoms with Crippen molar-refractivity contribution < 1.29 is 29.6 Å². The van der Waals surface area contributed by atoms with Gasteiger partial charge in [0, 0.05) is 12.0 Å². The van der Waals surface area contributed by atoms with Crippen LogP contribution in [0.25, 0.3) is 21.9 Å². The Hall–Kier alpha value is -3.19. The molecule has 1 atom stereocenters. The molecule has 0 radical (unpaired) electrons.